The lowest BCUT2D eigenvalue weighted by Gasteiger charge is -2.32. The normalized spacial score (nSPS) is 15.9. The monoisotopic (exact) mass is 465 g/mol. The molecule has 2 amide bonds. The van der Waals surface area contributed by atoms with Crippen LogP contribution in [0, 0.1) is 5.82 Å². The van der Waals surface area contributed by atoms with Crippen molar-refractivity contribution in [3.8, 4) is 5.75 Å². The molecular weight excluding hydrogens is 441 g/mol. The second-order valence-corrected chi connectivity index (χ2v) is 8.07. The van der Waals surface area contributed by atoms with Crippen LogP contribution < -0.4 is 5.56 Å². The topological polar surface area (TPSA) is 103 Å². The van der Waals surface area contributed by atoms with Crippen molar-refractivity contribution in [2.24, 2.45) is 0 Å². The van der Waals surface area contributed by atoms with E-state index in [0.717, 1.165) is 13.5 Å². The number of hydrogen-bond acceptors (Lipinski definition) is 5. The molecule has 0 radical (unpaired) electrons. The summed E-state index contributed by atoms with van der Waals surface area (Å²) < 4.78 is 14.7. The molecule has 172 valence electrons. The number of pyridine rings is 1. The van der Waals surface area contributed by atoms with Gasteiger partial charge in [-0.05, 0) is 37.0 Å². The summed E-state index contributed by atoms with van der Waals surface area (Å²) in [4.78, 5) is 41.9. The molecule has 2 N–H and O–H groups in total. The third-order valence-electron chi connectivity index (χ3n) is 5.71. The van der Waals surface area contributed by atoms with Gasteiger partial charge in [0.1, 0.15) is 11.5 Å². The molecule has 0 unspecified atom stereocenters. The first-order chi connectivity index (χ1) is 15.3. The van der Waals surface area contributed by atoms with Crippen molar-refractivity contribution in [2.45, 2.75) is 32.4 Å². The molecule has 0 saturated carbocycles. The highest BCUT2D eigenvalue weighted by Crippen LogP contribution is 2.30. The van der Waals surface area contributed by atoms with Gasteiger partial charge in [0.15, 0.2) is 5.75 Å². The Hall–Kier alpha value is -2.91. The van der Waals surface area contributed by atoms with Crippen LogP contribution in [-0.2, 0) is 19.5 Å². The van der Waals surface area contributed by atoms with Crippen LogP contribution in [0.5, 0.6) is 5.75 Å². The summed E-state index contributed by atoms with van der Waals surface area (Å²) in [5.74, 6) is -2.04. The van der Waals surface area contributed by atoms with Gasteiger partial charge in [0.2, 0.25) is 0 Å². The molecule has 2 aliphatic heterocycles. The zero-order valence-corrected chi connectivity index (χ0v) is 18.7. The average Bonchev–Trinajstić information content (AvgIpc) is 2.78. The van der Waals surface area contributed by atoms with Crippen molar-refractivity contribution >= 4 is 23.4 Å². The average molecular weight is 466 g/mol. The number of amides is 2. The number of fused-ring (bicyclic) bond motifs is 3. The molecule has 32 heavy (non-hydrogen) atoms. The lowest BCUT2D eigenvalue weighted by Crippen LogP contribution is -2.43. The van der Waals surface area contributed by atoms with E-state index in [-0.39, 0.29) is 28.7 Å². The second-order valence-electron chi connectivity index (χ2n) is 7.67. The Morgan fingerprint density at radius 3 is 2.44 bits per heavy atom. The van der Waals surface area contributed by atoms with Crippen LogP contribution in [0.4, 0.5) is 4.39 Å². The van der Waals surface area contributed by atoms with Crippen molar-refractivity contribution in [2.75, 3.05) is 27.2 Å². The molecule has 8 nitrogen and oxygen atoms in total. The molecule has 2 aliphatic rings. The number of aliphatic hydroxyl groups excluding tert-OH is 1. The molecule has 0 aliphatic carbocycles. The van der Waals surface area contributed by atoms with Crippen LogP contribution in [0.2, 0.25) is 5.02 Å². The Labute approximate surface area is 189 Å². The fourth-order valence-electron chi connectivity index (χ4n) is 4.11. The summed E-state index contributed by atoms with van der Waals surface area (Å²) in [6.07, 6.45) is 1.76. The van der Waals surface area contributed by atoms with Crippen molar-refractivity contribution in [1.29, 1.82) is 0 Å². The molecule has 0 fully saturated rings. The molecule has 1 aromatic carbocycles. The number of aromatic hydroxyl groups is 1. The number of benzene rings is 1. The van der Waals surface area contributed by atoms with Gasteiger partial charge in [-0.1, -0.05) is 17.7 Å². The van der Waals surface area contributed by atoms with Crippen molar-refractivity contribution in [1.82, 2.24) is 14.4 Å². The maximum absolute atomic E-state index is 13.4. The summed E-state index contributed by atoms with van der Waals surface area (Å²) in [6.45, 7) is 1.32. The second kappa shape index (κ2) is 9.70. The van der Waals surface area contributed by atoms with Gasteiger partial charge in [0.25, 0.3) is 17.4 Å². The molecule has 2 aromatic rings. The maximum atomic E-state index is 13.4. The molecule has 3 heterocycles. The number of aromatic nitrogens is 1. The lowest BCUT2D eigenvalue weighted by atomic mass is 9.94. The van der Waals surface area contributed by atoms with Gasteiger partial charge in [-0.3, -0.25) is 14.4 Å². The zero-order valence-electron chi connectivity index (χ0n) is 17.9. The molecule has 1 aromatic heterocycles. The molecule has 0 spiro atoms. The van der Waals surface area contributed by atoms with E-state index in [2.05, 4.69) is 0 Å². The minimum atomic E-state index is -0.729. The van der Waals surface area contributed by atoms with Gasteiger partial charge in [-0.2, -0.15) is 0 Å². The fraction of sp³-hybridized carbons (Fsp3) is 0.409. The summed E-state index contributed by atoms with van der Waals surface area (Å²) in [7, 11) is 2.66. The number of hydrogen-bond donors (Lipinski definition) is 2. The van der Waals surface area contributed by atoms with Crippen molar-refractivity contribution in [3.05, 3.63) is 61.8 Å². The SMILES string of the molecule is CN1CCCCn2c(c3c(c(O)c2=O)C(=O)N(Cc2ccc(F)c(Cl)c2)CC3)C1=O.CO. The first-order valence-corrected chi connectivity index (χ1v) is 10.6. The predicted molar refractivity (Wildman–Crippen MR) is 117 cm³/mol. The van der Waals surface area contributed by atoms with E-state index in [1.165, 1.54) is 27.7 Å². The van der Waals surface area contributed by atoms with Gasteiger partial charge in [-0.25, -0.2) is 4.39 Å². The number of rotatable bonds is 2. The lowest BCUT2D eigenvalue weighted by molar-refractivity contribution is 0.0717. The van der Waals surface area contributed by atoms with Gasteiger partial charge < -0.3 is 24.6 Å². The Kier molecular flexibility index (Phi) is 7.20. The zero-order chi connectivity index (χ0) is 23.6. The smallest absolute Gasteiger partial charge is 0.294 e. The highest BCUT2D eigenvalue weighted by atomic mass is 35.5. The van der Waals surface area contributed by atoms with E-state index in [1.54, 1.807) is 11.9 Å². The van der Waals surface area contributed by atoms with Crippen molar-refractivity contribution in [3.63, 3.8) is 0 Å². The predicted octanol–water partition coefficient (Wildman–Crippen LogP) is 2.02. The number of nitrogens with zero attached hydrogens (tertiary/aromatic N) is 3. The highest BCUT2D eigenvalue weighted by molar-refractivity contribution is 6.30. The first kappa shape index (κ1) is 23.7. The van der Waals surface area contributed by atoms with Gasteiger partial charge in [0.05, 0.1) is 10.6 Å². The third-order valence-corrected chi connectivity index (χ3v) is 6.00. The Balaban J connectivity index is 0.00000141. The summed E-state index contributed by atoms with van der Waals surface area (Å²) >= 11 is 5.83. The Bertz CT molecular complexity index is 1120. The summed E-state index contributed by atoms with van der Waals surface area (Å²) in [6, 6.07) is 4.19. The van der Waals surface area contributed by atoms with Crippen LogP contribution in [0.1, 0.15) is 44.8 Å². The van der Waals surface area contributed by atoms with Gasteiger partial charge >= 0.3 is 0 Å². The third kappa shape index (κ3) is 4.22. The van der Waals surface area contributed by atoms with E-state index in [9.17, 15) is 23.9 Å². The molecule has 0 bridgehead atoms. The number of halogens is 2. The van der Waals surface area contributed by atoms with Crippen LogP contribution in [0.3, 0.4) is 0 Å². The van der Waals surface area contributed by atoms with E-state index in [1.807, 2.05) is 0 Å². The van der Waals surface area contributed by atoms with E-state index in [0.29, 0.717) is 43.6 Å². The summed E-state index contributed by atoms with van der Waals surface area (Å²) in [5, 5.41) is 17.5. The van der Waals surface area contributed by atoms with Gasteiger partial charge in [-0.15, -0.1) is 0 Å². The van der Waals surface area contributed by atoms with E-state index in [4.69, 9.17) is 16.7 Å². The van der Waals surface area contributed by atoms with E-state index < -0.39 is 23.0 Å². The molecular formula is C22H25ClFN3O5. The Morgan fingerprint density at radius 2 is 1.75 bits per heavy atom. The van der Waals surface area contributed by atoms with E-state index >= 15 is 0 Å². The van der Waals surface area contributed by atoms with Crippen LogP contribution >= 0.6 is 11.6 Å². The molecule has 0 saturated heterocycles. The molecule has 4 rings (SSSR count). The maximum Gasteiger partial charge on any atom is 0.294 e. The standard InChI is InChI=1S/C21H21ClFN3O4.CH4O/c1-24-7-2-3-8-26-17(20(24)29)13-6-9-25(19(28)16(13)18(27)21(26)30)11-12-4-5-15(23)14(22)10-12;1-2/h4-5,10,27H,2-3,6-9,11H2,1H3;2H,1H3. The number of carbonyl (C=O) groups is 2. The Morgan fingerprint density at radius 1 is 1.06 bits per heavy atom. The number of carbonyl (C=O) groups excluding carboxylic acids is 2. The fourth-order valence-corrected chi connectivity index (χ4v) is 4.31. The largest absolute Gasteiger partial charge is 0.502 e. The van der Waals surface area contributed by atoms with Gasteiger partial charge in [0, 0.05) is 45.9 Å². The minimum Gasteiger partial charge on any atom is -0.502 e. The minimum absolute atomic E-state index is 0.0477. The highest BCUT2D eigenvalue weighted by Gasteiger charge is 2.36. The van der Waals surface area contributed by atoms with Crippen LogP contribution in [-0.4, -0.2) is 63.6 Å². The quantitative estimate of drug-likeness (QED) is 0.706. The first-order valence-electron chi connectivity index (χ1n) is 10.2. The molecule has 10 heteroatoms. The summed E-state index contributed by atoms with van der Waals surface area (Å²) in [5.41, 5.74) is 0.369. The van der Waals surface area contributed by atoms with Crippen LogP contribution in [0.25, 0.3) is 0 Å². The molecule has 0 atom stereocenters. The number of aliphatic hydroxyl groups is 1. The van der Waals surface area contributed by atoms with Crippen molar-refractivity contribution < 1.29 is 24.2 Å². The van der Waals surface area contributed by atoms with Crippen LogP contribution in [0.15, 0.2) is 23.0 Å².